The maximum absolute atomic E-state index is 4.46. The van der Waals surface area contributed by atoms with Gasteiger partial charge < -0.3 is 4.57 Å². The zero-order chi connectivity index (χ0) is 9.42. The van der Waals surface area contributed by atoms with Crippen LogP contribution < -0.4 is 0 Å². The molecule has 0 atom stereocenters. The largest absolute Gasteiger partial charge is 0.306 e. The quantitative estimate of drug-likeness (QED) is 0.646. The monoisotopic (exact) mass is 172 g/mol. The van der Waals surface area contributed by atoms with E-state index in [2.05, 4.69) is 23.7 Å². The molecule has 0 aliphatic heterocycles. The lowest BCUT2D eigenvalue weighted by Gasteiger charge is -2.02. The first-order chi connectivity index (χ1) is 6.18. The number of nitrogens with zero attached hydrogens (tertiary/aromatic N) is 2. The molecule has 0 N–H and O–H groups in total. The van der Waals surface area contributed by atoms with Gasteiger partial charge in [0.15, 0.2) is 0 Å². The van der Waals surface area contributed by atoms with Crippen LogP contribution in [0, 0.1) is 6.92 Å². The Morgan fingerprint density at radius 3 is 2.85 bits per heavy atom. The average molecular weight is 172 g/mol. The normalized spacial score (nSPS) is 10.6. The molecule has 0 bridgehead atoms. The Hall–Kier alpha value is -1.57. The molecule has 0 saturated carbocycles. The van der Waals surface area contributed by atoms with E-state index in [-0.39, 0.29) is 0 Å². The molecule has 0 saturated heterocycles. The minimum absolute atomic E-state index is 0.993. The van der Waals surface area contributed by atoms with E-state index in [1.165, 1.54) is 0 Å². The molecule has 13 heavy (non-hydrogen) atoms. The van der Waals surface area contributed by atoms with Crippen LogP contribution in [0.1, 0.15) is 12.6 Å². The molecule has 0 aliphatic carbocycles. The number of aryl methyl sites for hydroxylation is 1. The minimum atomic E-state index is 0.993. The van der Waals surface area contributed by atoms with Crippen LogP contribution in [-0.4, -0.2) is 9.55 Å². The molecule has 2 heteroatoms. The van der Waals surface area contributed by atoms with E-state index in [1.807, 2.05) is 30.7 Å². The first-order valence-electron chi connectivity index (χ1n) is 4.29. The zero-order valence-electron chi connectivity index (χ0n) is 7.91. The number of pyridine rings is 1. The topological polar surface area (TPSA) is 17.8 Å². The van der Waals surface area contributed by atoms with Gasteiger partial charge in [-0.05, 0) is 32.0 Å². The van der Waals surface area contributed by atoms with Crippen LogP contribution in [0.25, 0.3) is 16.7 Å². The van der Waals surface area contributed by atoms with Crippen LogP contribution in [0.4, 0.5) is 0 Å². The smallest absolute Gasteiger partial charge is 0.144 e. The second-order valence-electron chi connectivity index (χ2n) is 3.29. The van der Waals surface area contributed by atoms with Gasteiger partial charge >= 0.3 is 0 Å². The van der Waals surface area contributed by atoms with Gasteiger partial charge in [-0.15, -0.1) is 0 Å². The van der Waals surface area contributed by atoms with Crippen LogP contribution >= 0.6 is 0 Å². The van der Waals surface area contributed by atoms with E-state index >= 15 is 0 Å². The number of fused-ring (bicyclic) bond motifs is 1. The van der Waals surface area contributed by atoms with Crippen LogP contribution in [0.5, 0.6) is 0 Å². The van der Waals surface area contributed by atoms with Gasteiger partial charge in [-0.25, -0.2) is 4.98 Å². The summed E-state index contributed by atoms with van der Waals surface area (Å²) in [5.41, 5.74) is 3.02. The van der Waals surface area contributed by atoms with Gasteiger partial charge in [0.25, 0.3) is 0 Å². The molecular weight excluding hydrogens is 160 g/mol. The fourth-order valence-corrected chi connectivity index (χ4v) is 1.41. The van der Waals surface area contributed by atoms with E-state index in [9.17, 15) is 0 Å². The van der Waals surface area contributed by atoms with Crippen LogP contribution in [-0.2, 0) is 0 Å². The lowest BCUT2D eigenvalue weighted by Crippen LogP contribution is -1.92. The fourth-order valence-electron chi connectivity index (χ4n) is 1.41. The maximum Gasteiger partial charge on any atom is 0.144 e. The molecule has 0 unspecified atom stereocenters. The third-order valence-electron chi connectivity index (χ3n) is 2.09. The second-order valence-corrected chi connectivity index (χ2v) is 3.29. The van der Waals surface area contributed by atoms with Crippen molar-refractivity contribution in [2.24, 2.45) is 0 Å². The third kappa shape index (κ3) is 1.24. The van der Waals surface area contributed by atoms with Crippen molar-refractivity contribution in [1.29, 1.82) is 0 Å². The summed E-state index contributed by atoms with van der Waals surface area (Å²) in [5.74, 6) is 0. The Bertz CT molecular complexity index is 466. The average Bonchev–Trinajstić information content (AvgIpc) is 2.46. The molecule has 2 aromatic heterocycles. The molecule has 0 fully saturated rings. The predicted octanol–water partition coefficient (Wildman–Crippen LogP) is 2.84. The van der Waals surface area contributed by atoms with Gasteiger partial charge in [-0.2, -0.15) is 0 Å². The summed E-state index contributed by atoms with van der Waals surface area (Å²) >= 11 is 0. The van der Waals surface area contributed by atoms with Crippen molar-refractivity contribution in [1.82, 2.24) is 9.55 Å². The van der Waals surface area contributed by atoms with Crippen molar-refractivity contribution in [2.75, 3.05) is 0 Å². The summed E-state index contributed by atoms with van der Waals surface area (Å²) in [4.78, 5) is 4.46. The third-order valence-corrected chi connectivity index (χ3v) is 2.09. The van der Waals surface area contributed by atoms with E-state index in [0.717, 1.165) is 22.4 Å². The second kappa shape index (κ2) is 2.73. The van der Waals surface area contributed by atoms with Crippen LogP contribution in [0.3, 0.4) is 0 Å². The standard InChI is InChI=1S/C11H12N2/c1-8(2)13-7-6-10-5-4-9(3)12-11(10)13/h4-7H,1H2,2-3H3. The Labute approximate surface area is 77.5 Å². The van der Waals surface area contributed by atoms with Crippen LogP contribution in [0.15, 0.2) is 31.0 Å². The molecule has 2 aromatic rings. The lowest BCUT2D eigenvalue weighted by atomic mass is 10.3. The number of aromatic nitrogens is 2. The highest BCUT2D eigenvalue weighted by Gasteiger charge is 2.01. The SMILES string of the molecule is C=C(C)n1ccc2ccc(C)nc21. The summed E-state index contributed by atoms with van der Waals surface area (Å²) in [6, 6.07) is 6.15. The molecule has 0 radical (unpaired) electrons. The Morgan fingerprint density at radius 1 is 1.38 bits per heavy atom. The predicted molar refractivity (Wildman–Crippen MR) is 55.5 cm³/mol. The summed E-state index contributed by atoms with van der Waals surface area (Å²) in [6.45, 7) is 7.87. The van der Waals surface area contributed by atoms with E-state index in [4.69, 9.17) is 0 Å². The fraction of sp³-hybridized carbons (Fsp3) is 0.182. The number of allylic oxidation sites excluding steroid dienone is 1. The van der Waals surface area contributed by atoms with Crippen molar-refractivity contribution in [3.05, 3.63) is 36.7 Å². The van der Waals surface area contributed by atoms with Crippen molar-refractivity contribution in [3.63, 3.8) is 0 Å². The zero-order valence-corrected chi connectivity index (χ0v) is 7.91. The van der Waals surface area contributed by atoms with Crippen molar-refractivity contribution in [2.45, 2.75) is 13.8 Å². The number of hydrogen-bond acceptors (Lipinski definition) is 1. The molecule has 2 rings (SSSR count). The summed E-state index contributed by atoms with van der Waals surface area (Å²) < 4.78 is 2.00. The molecule has 0 aliphatic rings. The van der Waals surface area contributed by atoms with Gasteiger partial charge in [0.2, 0.25) is 0 Å². The van der Waals surface area contributed by atoms with Crippen LogP contribution in [0.2, 0.25) is 0 Å². The van der Waals surface area contributed by atoms with Crippen molar-refractivity contribution in [3.8, 4) is 0 Å². The number of hydrogen-bond donors (Lipinski definition) is 0. The Morgan fingerprint density at radius 2 is 2.15 bits per heavy atom. The molecule has 0 amide bonds. The first-order valence-corrected chi connectivity index (χ1v) is 4.29. The van der Waals surface area contributed by atoms with Gasteiger partial charge in [-0.1, -0.05) is 6.58 Å². The van der Waals surface area contributed by atoms with Crippen molar-refractivity contribution >= 4 is 16.7 Å². The maximum atomic E-state index is 4.46. The van der Waals surface area contributed by atoms with E-state index in [0.29, 0.717) is 0 Å². The molecule has 66 valence electrons. The number of rotatable bonds is 1. The Balaban J connectivity index is 2.79. The van der Waals surface area contributed by atoms with Crippen molar-refractivity contribution < 1.29 is 0 Å². The van der Waals surface area contributed by atoms with Gasteiger partial charge in [0, 0.05) is 23.0 Å². The molecular formula is C11H12N2. The van der Waals surface area contributed by atoms with Gasteiger partial charge in [0.1, 0.15) is 5.65 Å². The minimum Gasteiger partial charge on any atom is -0.306 e. The highest BCUT2D eigenvalue weighted by molar-refractivity contribution is 5.79. The molecule has 2 heterocycles. The highest BCUT2D eigenvalue weighted by Crippen LogP contribution is 2.16. The molecule has 2 nitrogen and oxygen atoms in total. The first kappa shape index (κ1) is 8.05. The van der Waals surface area contributed by atoms with Gasteiger partial charge in [0.05, 0.1) is 0 Å². The van der Waals surface area contributed by atoms with Gasteiger partial charge in [-0.3, -0.25) is 0 Å². The summed E-state index contributed by atoms with van der Waals surface area (Å²) in [5, 5.41) is 1.16. The summed E-state index contributed by atoms with van der Waals surface area (Å²) in [6.07, 6.45) is 2.00. The lowest BCUT2D eigenvalue weighted by molar-refractivity contribution is 1.10. The summed E-state index contributed by atoms with van der Waals surface area (Å²) in [7, 11) is 0. The molecule has 0 aromatic carbocycles. The Kier molecular flexibility index (Phi) is 1.69. The molecule has 0 spiro atoms. The highest BCUT2D eigenvalue weighted by atomic mass is 15.0. The van der Waals surface area contributed by atoms with E-state index < -0.39 is 0 Å². The van der Waals surface area contributed by atoms with E-state index in [1.54, 1.807) is 0 Å².